The Bertz CT molecular complexity index is 673. The molecule has 1 aromatic carbocycles. The quantitative estimate of drug-likeness (QED) is 0.903. The molecule has 0 saturated carbocycles. The van der Waals surface area contributed by atoms with Crippen LogP contribution in [-0.2, 0) is 4.74 Å². The van der Waals surface area contributed by atoms with E-state index in [4.69, 9.17) is 14.2 Å². The molecule has 0 bridgehead atoms. The Morgan fingerprint density at radius 1 is 1.23 bits per heavy atom. The van der Waals surface area contributed by atoms with E-state index in [0.717, 1.165) is 11.4 Å². The topological polar surface area (TPSA) is 81.7 Å². The maximum Gasteiger partial charge on any atom is 0.411 e. The fraction of sp³-hybridized carbons (Fsp3) is 0.200. The molecule has 22 heavy (non-hydrogen) atoms. The minimum absolute atomic E-state index is 0.241. The van der Waals surface area contributed by atoms with Crippen molar-refractivity contribution in [3.05, 3.63) is 36.5 Å². The molecule has 2 N–H and O–H groups in total. The lowest BCUT2D eigenvalue weighted by atomic mass is 10.2. The van der Waals surface area contributed by atoms with Crippen LogP contribution in [0.5, 0.6) is 11.5 Å². The summed E-state index contributed by atoms with van der Waals surface area (Å²) in [4.78, 5) is 15.5. The van der Waals surface area contributed by atoms with Gasteiger partial charge in [-0.25, -0.2) is 9.78 Å². The van der Waals surface area contributed by atoms with Crippen LogP contribution >= 0.6 is 0 Å². The third-order valence-corrected chi connectivity index (χ3v) is 2.93. The molecular weight excluding hydrogens is 286 g/mol. The zero-order valence-electron chi connectivity index (χ0n) is 12.0. The van der Waals surface area contributed by atoms with Gasteiger partial charge in [0.25, 0.3) is 0 Å². The molecule has 2 heterocycles. The number of amides is 1. The molecular formula is C15H15N3O4. The molecule has 1 aliphatic rings. The summed E-state index contributed by atoms with van der Waals surface area (Å²) >= 11 is 0. The van der Waals surface area contributed by atoms with E-state index >= 15 is 0 Å². The van der Waals surface area contributed by atoms with E-state index < -0.39 is 6.09 Å². The fourth-order valence-corrected chi connectivity index (χ4v) is 1.95. The zero-order valence-corrected chi connectivity index (χ0v) is 12.0. The highest BCUT2D eigenvalue weighted by molar-refractivity contribution is 5.84. The molecule has 0 fully saturated rings. The number of rotatable bonds is 4. The molecule has 7 nitrogen and oxygen atoms in total. The van der Waals surface area contributed by atoms with E-state index in [1.54, 1.807) is 25.3 Å². The minimum Gasteiger partial charge on any atom is -0.454 e. The first-order chi connectivity index (χ1) is 10.7. The lowest BCUT2D eigenvalue weighted by Crippen LogP contribution is -2.13. The van der Waals surface area contributed by atoms with Crippen molar-refractivity contribution in [2.75, 3.05) is 24.0 Å². The van der Waals surface area contributed by atoms with E-state index in [-0.39, 0.29) is 6.79 Å². The van der Waals surface area contributed by atoms with Gasteiger partial charge >= 0.3 is 6.09 Å². The summed E-state index contributed by atoms with van der Waals surface area (Å²) in [6.07, 6.45) is 1.05. The standard InChI is InChI=1S/C15H15N3O4/c1-2-20-15(19)18-11-4-6-14(16-8-11)17-10-3-5-12-13(7-10)22-9-21-12/h3-8H,2,9H2,1H3,(H,16,17)(H,18,19). The van der Waals surface area contributed by atoms with E-state index in [2.05, 4.69) is 15.6 Å². The summed E-state index contributed by atoms with van der Waals surface area (Å²) in [7, 11) is 0. The minimum atomic E-state index is -0.499. The molecule has 0 atom stereocenters. The predicted octanol–water partition coefficient (Wildman–Crippen LogP) is 3.12. The number of hydrogen-bond donors (Lipinski definition) is 2. The van der Waals surface area contributed by atoms with Crippen LogP contribution in [0, 0.1) is 0 Å². The van der Waals surface area contributed by atoms with Crippen LogP contribution < -0.4 is 20.1 Å². The van der Waals surface area contributed by atoms with Gasteiger partial charge in [-0.1, -0.05) is 0 Å². The monoisotopic (exact) mass is 301 g/mol. The number of nitrogens with one attached hydrogen (secondary N) is 2. The van der Waals surface area contributed by atoms with E-state index in [0.29, 0.717) is 23.9 Å². The van der Waals surface area contributed by atoms with Crippen molar-refractivity contribution in [3.8, 4) is 11.5 Å². The van der Waals surface area contributed by atoms with Gasteiger partial charge in [0.1, 0.15) is 5.82 Å². The SMILES string of the molecule is CCOC(=O)Nc1ccc(Nc2ccc3c(c2)OCO3)nc1. The Kier molecular flexibility index (Phi) is 3.95. The van der Waals surface area contributed by atoms with Crippen molar-refractivity contribution in [1.82, 2.24) is 4.98 Å². The van der Waals surface area contributed by atoms with Crippen molar-refractivity contribution in [2.45, 2.75) is 6.92 Å². The molecule has 1 amide bonds. The second-order valence-electron chi connectivity index (χ2n) is 4.47. The summed E-state index contributed by atoms with van der Waals surface area (Å²) in [5, 5.41) is 5.73. The normalized spacial score (nSPS) is 11.9. The number of benzene rings is 1. The van der Waals surface area contributed by atoms with E-state index in [1.807, 2.05) is 18.2 Å². The Morgan fingerprint density at radius 2 is 2.05 bits per heavy atom. The largest absolute Gasteiger partial charge is 0.454 e. The molecule has 0 saturated heterocycles. The highest BCUT2D eigenvalue weighted by atomic mass is 16.7. The third kappa shape index (κ3) is 3.20. The molecule has 7 heteroatoms. The maximum absolute atomic E-state index is 11.3. The van der Waals surface area contributed by atoms with E-state index in [9.17, 15) is 4.79 Å². The summed E-state index contributed by atoms with van der Waals surface area (Å²) in [5.74, 6) is 2.08. The summed E-state index contributed by atoms with van der Waals surface area (Å²) < 4.78 is 15.4. The number of fused-ring (bicyclic) bond motifs is 1. The number of anilines is 3. The van der Waals surface area contributed by atoms with Gasteiger partial charge in [0.15, 0.2) is 11.5 Å². The molecule has 114 valence electrons. The lowest BCUT2D eigenvalue weighted by molar-refractivity contribution is 0.168. The number of aromatic nitrogens is 1. The highest BCUT2D eigenvalue weighted by Gasteiger charge is 2.13. The number of carbonyl (C=O) groups is 1. The van der Waals surface area contributed by atoms with Crippen LogP contribution in [0.3, 0.4) is 0 Å². The average molecular weight is 301 g/mol. The first-order valence-corrected chi connectivity index (χ1v) is 6.81. The average Bonchev–Trinajstić information content (AvgIpc) is 2.97. The predicted molar refractivity (Wildman–Crippen MR) is 80.7 cm³/mol. The summed E-state index contributed by atoms with van der Waals surface area (Å²) in [6, 6.07) is 9.04. The third-order valence-electron chi connectivity index (χ3n) is 2.93. The second-order valence-corrected chi connectivity index (χ2v) is 4.47. The molecule has 0 radical (unpaired) electrons. The van der Waals surface area contributed by atoms with Crippen molar-refractivity contribution in [1.29, 1.82) is 0 Å². The molecule has 0 unspecified atom stereocenters. The Balaban J connectivity index is 1.64. The number of hydrogen-bond acceptors (Lipinski definition) is 6. The van der Waals surface area contributed by atoms with Crippen LogP contribution in [-0.4, -0.2) is 24.5 Å². The molecule has 0 aliphatic carbocycles. The molecule has 3 rings (SSSR count). The van der Waals surface area contributed by atoms with Gasteiger partial charge in [0, 0.05) is 11.8 Å². The second kappa shape index (κ2) is 6.21. The first-order valence-electron chi connectivity index (χ1n) is 6.81. The van der Waals surface area contributed by atoms with Crippen molar-refractivity contribution < 1.29 is 19.0 Å². The van der Waals surface area contributed by atoms with Crippen molar-refractivity contribution >= 4 is 23.3 Å². The van der Waals surface area contributed by atoms with Gasteiger partial charge in [-0.15, -0.1) is 0 Å². The zero-order chi connectivity index (χ0) is 15.4. The van der Waals surface area contributed by atoms with Crippen LogP contribution in [0.4, 0.5) is 22.0 Å². The Labute approximate surface area is 127 Å². The lowest BCUT2D eigenvalue weighted by Gasteiger charge is -2.08. The molecule has 0 spiro atoms. The van der Waals surface area contributed by atoms with Crippen LogP contribution in [0.2, 0.25) is 0 Å². The van der Waals surface area contributed by atoms with Crippen molar-refractivity contribution in [3.63, 3.8) is 0 Å². The Hall–Kier alpha value is -2.96. The summed E-state index contributed by atoms with van der Waals surface area (Å²) in [5.41, 5.74) is 1.40. The van der Waals surface area contributed by atoms with Crippen molar-refractivity contribution in [2.24, 2.45) is 0 Å². The van der Waals surface area contributed by atoms with E-state index in [1.165, 1.54) is 0 Å². The van der Waals surface area contributed by atoms with Gasteiger partial charge in [-0.3, -0.25) is 5.32 Å². The van der Waals surface area contributed by atoms with Crippen LogP contribution in [0.15, 0.2) is 36.5 Å². The summed E-state index contributed by atoms with van der Waals surface area (Å²) in [6.45, 7) is 2.31. The fourth-order valence-electron chi connectivity index (χ4n) is 1.95. The van der Waals surface area contributed by atoms with Gasteiger partial charge in [-0.05, 0) is 31.2 Å². The smallest absolute Gasteiger partial charge is 0.411 e. The van der Waals surface area contributed by atoms with Gasteiger partial charge in [0.05, 0.1) is 18.5 Å². The molecule has 1 aromatic heterocycles. The maximum atomic E-state index is 11.3. The highest BCUT2D eigenvalue weighted by Crippen LogP contribution is 2.34. The Morgan fingerprint density at radius 3 is 2.82 bits per heavy atom. The molecule has 1 aliphatic heterocycles. The van der Waals surface area contributed by atoms with Gasteiger partial charge < -0.3 is 19.5 Å². The van der Waals surface area contributed by atoms with Gasteiger partial charge in [-0.2, -0.15) is 0 Å². The number of carbonyl (C=O) groups excluding carboxylic acids is 1. The van der Waals surface area contributed by atoms with Crippen LogP contribution in [0.25, 0.3) is 0 Å². The number of ether oxygens (including phenoxy) is 3. The first kappa shape index (κ1) is 14.0. The molecule has 2 aromatic rings. The number of pyridine rings is 1. The van der Waals surface area contributed by atoms with Gasteiger partial charge in [0.2, 0.25) is 6.79 Å². The van der Waals surface area contributed by atoms with Crippen LogP contribution in [0.1, 0.15) is 6.92 Å². The number of nitrogens with zero attached hydrogens (tertiary/aromatic N) is 1.